The molecule has 1 saturated carbocycles. The predicted octanol–water partition coefficient (Wildman–Crippen LogP) is 3.25. The number of ketones is 1. The first kappa shape index (κ1) is 16.2. The van der Waals surface area contributed by atoms with Crippen molar-refractivity contribution in [3.05, 3.63) is 16.1 Å². The number of piperidine rings is 1. The van der Waals surface area contributed by atoms with Crippen LogP contribution in [-0.2, 0) is 9.63 Å². The molecule has 0 amide bonds. The van der Waals surface area contributed by atoms with Gasteiger partial charge < -0.3 is 10.2 Å². The summed E-state index contributed by atoms with van der Waals surface area (Å²) < 4.78 is 0. The van der Waals surface area contributed by atoms with Gasteiger partial charge in [-0.15, -0.1) is 11.3 Å². The number of nitrogens with zero attached hydrogens (tertiary/aromatic N) is 2. The number of aromatic nitrogens is 1. The van der Waals surface area contributed by atoms with E-state index in [0.717, 1.165) is 50.2 Å². The van der Waals surface area contributed by atoms with Crippen LogP contribution in [0.5, 0.6) is 0 Å². The van der Waals surface area contributed by atoms with Gasteiger partial charge in [-0.25, -0.2) is 4.98 Å². The number of thiazole rings is 1. The number of hydrogen-bond donors (Lipinski definition) is 1. The van der Waals surface area contributed by atoms with Crippen LogP contribution in [-0.4, -0.2) is 35.2 Å². The van der Waals surface area contributed by atoms with E-state index in [1.54, 1.807) is 11.3 Å². The minimum Gasteiger partial charge on any atom is -0.380 e. The van der Waals surface area contributed by atoms with E-state index < -0.39 is 5.60 Å². The maximum atomic E-state index is 12.5. The fourth-order valence-electron chi connectivity index (χ4n) is 4.18. The minimum atomic E-state index is -0.740. The Morgan fingerprint density at radius 3 is 2.92 bits per heavy atom. The number of nitrogens with one attached hydrogen (secondary N) is 1. The molecular formula is C18H25N3O2S. The maximum Gasteiger partial charge on any atom is 0.201 e. The van der Waals surface area contributed by atoms with Crippen LogP contribution >= 0.6 is 11.3 Å². The molecule has 1 spiro atoms. The monoisotopic (exact) mass is 347 g/mol. The number of carbonyl (C=O) groups excluding carboxylic acids is 1. The lowest BCUT2D eigenvalue weighted by molar-refractivity contribution is -0.151. The van der Waals surface area contributed by atoms with Crippen molar-refractivity contribution in [3.8, 4) is 0 Å². The van der Waals surface area contributed by atoms with Gasteiger partial charge in [0.05, 0.1) is 10.7 Å². The average molecular weight is 347 g/mol. The van der Waals surface area contributed by atoms with Gasteiger partial charge in [-0.2, -0.15) is 0 Å². The number of carbonyl (C=O) groups is 1. The van der Waals surface area contributed by atoms with Crippen LogP contribution in [0.15, 0.2) is 10.5 Å². The Morgan fingerprint density at radius 1 is 1.33 bits per heavy atom. The molecule has 3 aliphatic rings. The van der Waals surface area contributed by atoms with Crippen molar-refractivity contribution in [3.63, 3.8) is 0 Å². The molecule has 1 aromatic rings. The molecule has 1 atom stereocenters. The van der Waals surface area contributed by atoms with Crippen molar-refractivity contribution in [1.82, 2.24) is 10.3 Å². The van der Waals surface area contributed by atoms with Crippen LogP contribution in [0, 0.1) is 5.41 Å². The minimum absolute atomic E-state index is 0.126. The van der Waals surface area contributed by atoms with E-state index in [-0.39, 0.29) is 11.2 Å². The summed E-state index contributed by atoms with van der Waals surface area (Å²) in [5, 5.41) is 11.0. The zero-order valence-electron chi connectivity index (χ0n) is 14.4. The highest BCUT2D eigenvalue weighted by molar-refractivity contribution is 7.10. The van der Waals surface area contributed by atoms with Crippen molar-refractivity contribution in [2.24, 2.45) is 10.6 Å². The molecule has 1 saturated heterocycles. The van der Waals surface area contributed by atoms with Crippen LogP contribution in [0.3, 0.4) is 0 Å². The van der Waals surface area contributed by atoms with Gasteiger partial charge in [-0.3, -0.25) is 4.79 Å². The molecule has 1 unspecified atom stereocenters. The van der Waals surface area contributed by atoms with Crippen LogP contribution in [0.25, 0.3) is 0 Å². The Kier molecular flexibility index (Phi) is 4.00. The lowest BCUT2D eigenvalue weighted by Gasteiger charge is -2.39. The van der Waals surface area contributed by atoms with E-state index >= 15 is 0 Å². The Morgan fingerprint density at radius 2 is 2.12 bits per heavy atom. The predicted molar refractivity (Wildman–Crippen MR) is 94.6 cm³/mol. The van der Waals surface area contributed by atoms with E-state index in [9.17, 15) is 4.79 Å². The van der Waals surface area contributed by atoms with Crippen molar-refractivity contribution < 1.29 is 9.63 Å². The first-order valence-electron chi connectivity index (χ1n) is 8.92. The quantitative estimate of drug-likeness (QED) is 0.892. The van der Waals surface area contributed by atoms with Crippen molar-refractivity contribution >= 4 is 22.8 Å². The van der Waals surface area contributed by atoms with E-state index in [0.29, 0.717) is 18.8 Å². The standard InChI is InChI=1S/C18H25N3O2S/c1-17(2)6-3-15(22)18(11-17)9-13(21-23-18)14-10-24-16(20-14)12-4-7-19-8-5-12/h10,12,19H,3-9,11H2,1-2H3. The van der Waals surface area contributed by atoms with Gasteiger partial charge >= 0.3 is 0 Å². The summed E-state index contributed by atoms with van der Waals surface area (Å²) in [7, 11) is 0. The molecule has 3 heterocycles. The normalized spacial score (nSPS) is 30.4. The van der Waals surface area contributed by atoms with Gasteiger partial charge in [0, 0.05) is 30.6 Å². The molecule has 1 N–H and O–H groups in total. The van der Waals surface area contributed by atoms with Crippen LogP contribution in [0.2, 0.25) is 0 Å². The van der Waals surface area contributed by atoms with Crippen molar-refractivity contribution in [2.45, 2.75) is 63.9 Å². The zero-order chi connectivity index (χ0) is 16.8. The summed E-state index contributed by atoms with van der Waals surface area (Å²) in [4.78, 5) is 23.1. The molecule has 4 rings (SSSR count). The van der Waals surface area contributed by atoms with Crippen molar-refractivity contribution in [2.75, 3.05) is 13.1 Å². The van der Waals surface area contributed by atoms with Gasteiger partial charge in [-0.05, 0) is 37.8 Å². The number of Topliss-reactive ketones (excluding diaryl/α,β-unsaturated/α-hetero) is 1. The number of oxime groups is 1. The second-order valence-electron chi connectivity index (χ2n) is 8.16. The summed E-state index contributed by atoms with van der Waals surface area (Å²) in [6, 6.07) is 0. The summed E-state index contributed by atoms with van der Waals surface area (Å²) >= 11 is 1.72. The van der Waals surface area contributed by atoms with E-state index in [4.69, 9.17) is 9.82 Å². The lowest BCUT2D eigenvalue weighted by atomic mass is 9.67. The molecule has 1 aromatic heterocycles. The highest BCUT2D eigenvalue weighted by Crippen LogP contribution is 2.45. The molecule has 2 fully saturated rings. The van der Waals surface area contributed by atoms with E-state index in [1.807, 2.05) is 0 Å². The second kappa shape index (κ2) is 5.92. The van der Waals surface area contributed by atoms with E-state index in [2.05, 4.69) is 29.7 Å². The summed E-state index contributed by atoms with van der Waals surface area (Å²) in [5.74, 6) is 0.756. The van der Waals surface area contributed by atoms with Gasteiger partial charge in [0.2, 0.25) is 5.60 Å². The number of rotatable bonds is 2. The molecule has 0 radical (unpaired) electrons. The molecule has 130 valence electrons. The second-order valence-corrected chi connectivity index (χ2v) is 9.05. The van der Waals surface area contributed by atoms with Crippen molar-refractivity contribution in [1.29, 1.82) is 0 Å². The summed E-state index contributed by atoms with van der Waals surface area (Å²) in [5.41, 5.74) is 1.13. The molecule has 5 nitrogen and oxygen atoms in total. The van der Waals surface area contributed by atoms with E-state index in [1.165, 1.54) is 5.01 Å². The summed E-state index contributed by atoms with van der Waals surface area (Å²) in [6.45, 7) is 6.55. The maximum absolute atomic E-state index is 12.5. The lowest BCUT2D eigenvalue weighted by Crippen LogP contribution is -2.47. The van der Waals surface area contributed by atoms with Crippen LogP contribution in [0.4, 0.5) is 0 Å². The largest absolute Gasteiger partial charge is 0.380 e. The number of hydrogen-bond acceptors (Lipinski definition) is 6. The Hall–Kier alpha value is -1.27. The molecular weight excluding hydrogens is 322 g/mol. The smallest absolute Gasteiger partial charge is 0.201 e. The molecule has 0 bridgehead atoms. The van der Waals surface area contributed by atoms with Gasteiger partial charge in [0.1, 0.15) is 5.71 Å². The highest BCUT2D eigenvalue weighted by Gasteiger charge is 2.52. The van der Waals surface area contributed by atoms with Gasteiger partial charge in [0.25, 0.3) is 0 Å². The van der Waals surface area contributed by atoms with Gasteiger partial charge in [-0.1, -0.05) is 19.0 Å². The third kappa shape index (κ3) is 2.90. The molecule has 2 aliphatic heterocycles. The Bertz CT molecular complexity index is 676. The topological polar surface area (TPSA) is 63.6 Å². The Balaban J connectivity index is 1.50. The SMILES string of the molecule is CC1(C)CCC(=O)C2(CC(c3csc(C4CCNCC4)n3)=NO2)C1. The molecule has 6 heteroatoms. The van der Waals surface area contributed by atoms with Crippen LogP contribution < -0.4 is 5.32 Å². The Labute approximate surface area is 146 Å². The fourth-order valence-corrected chi connectivity index (χ4v) is 5.18. The third-order valence-electron chi connectivity index (χ3n) is 5.59. The molecule has 0 aromatic carbocycles. The van der Waals surface area contributed by atoms with Crippen LogP contribution in [0.1, 0.15) is 69.0 Å². The van der Waals surface area contributed by atoms with Gasteiger partial charge in [0.15, 0.2) is 5.78 Å². The highest BCUT2D eigenvalue weighted by atomic mass is 32.1. The average Bonchev–Trinajstić information content (AvgIpc) is 3.20. The first-order valence-corrected chi connectivity index (χ1v) is 9.80. The first-order chi connectivity index (χ1) is 11.5. The fraction of sp³-hybridized carbons (Fsp3) is 0.722. The summed E-state index contributed by atoms with van der Waals surface area (Å²) in [6.07, 6.45) is 5.14. The third-order valence-corrected chi connectivity index (χ3v) is 6.60. The zero-order valence-corrected chi connectivity index (χ0v) is 15.2. The molecule has 24 heavy (non-hydrogen) atoms. The molecule has 1 aliphatic carbocycles.